The van der Waals surface area contributed by atoms with Gasteiger partial charge in [0, 0.05) is 11.5 Å². The maximum absolute atomic E-state index is 12.0. The second-order valence-electron chi connectivity index (χ2n) is 10.7. The van der Waals surface area contributed by atoms with E-state index in [4.69, 9.17) is 5.11 Å². The topological polar surface area (TPSA) is 98.0 Å². The minimum absolute atomic E-state index is 0.167. The molecule has 2 unspecified atom stereocenters. The highest BCUT2D eigenvalue weighted by atomic mass is 16.4. The largest absolute Gasteiger partial charge is 0.478 e. The van der Waals surface area contributed by atoms with Crippen molar-refractivity contribution in [3.63, 3.8) is 0 Å². The molecule has 4 rings (SSSR count). The summed E-state index contributed by atoms with van der Waals surface area (Å²) in [5.74, 6) is 0.125. The van der Waals surface area contributed by atoms with E-state index < -0.39 is 22.6 Å². The lowest BCUT2D eigenvalue weighted by Crippen LogP contribution is -2.65. The molecule has 4 saturated carbocycles. The molecule has 0 aromatic rings. The number of aliphatic carboxylic acids is 1. The van der Waals surface area contributed by atoms with Gasteiger partial charge in [0.2, 0.25) is 0 Å². The van der Waals surface area contributed by atoms with Crippen molar-refractivity contribution in [1.82, 2.24) is 0 Å². The number of allylic oxidation sites excluding steroid dienone is 2. The summed E-state index contributed by atoms with van der Waals surface area (Å²) in [7, 11) is 0. The average Bonchev–Trinajstić information content (AvgIpc) is 2.87. The number of carboxylic acid groups (broad SMARTS) is 1. The van der Waals surface area contributed by atoms with E-state index in [2.05, 4.69) is 6.92 Å². The van der Waals surface area contributed by atoms with Gasteiger partial charge in [-0.3, -0.25) is 0 Å². The van der Waals surface area contributed by atoms with Crippen LogP contribution in [-0.2, 0) is 4.79 Å². The molecule has 0 spiro atoms. The van der Waals surface area contributed by atoms with E-state index in [0.717, 1.165) is 51.0 Å². The molecule has 0 aliphatic heterocycles. The van der Waals surface area contributed by atoms with E-state index in [1.54, 1.807) is 12.2 Å². The molecule has 4 N–H and O–H groups in total. The van der Waals surface area contributed by atoms with Crippen LogP contribution in [0, 0.1) is 28.6 Å². The van der Waals surface area contributed by atoms with Crippen LogP contribution in [-0.4, -0.2) is 43.7 Å². The van der Waals surface area contributed by atoms with Gasteiger partial charge in [0.1, 0.15) is 0 Å². The smallest absolute Gasteiger partial charge is 0.328 e. The molecule has 0 bridgehead atoms. The Balaban J connectivity index is 1.62. The van der Waals surface area contributed by atoms with E-state index in [1.165, 1.54) is 6.08 Å². The van der Waals surface area contributed by atoms with Crippen LogP contribution in [0.25, 0.3) is 0 Å². The van der Waals surface area contributed by atoms with Gasteiger partial charge in [-0.05, 0) is 81.0 Å². The molecule has 0 heterocycles. The first-order chi connectivity index (χ1) is 13.6. The molecule has 4 fully saturated rings. The lowest BCUT2D eigenvalue weighted by Gasteiger charge is -2.64. The third kappa shape index (κ3) is 2.95. The first-order valence-electron chi connectivity index (χ1n) is 11.3. The summed E-state index contributed by atoms with van der Waals surface area (Å²) in [4.78, 5) is 10.7. The number of hydrogen-bond acceptors (Lipinski definition) is 4. The Morgan fingerprint density at radius 2 is 1.69 bits per heavy atom. The number of hydrogen-bond donors (Lipinski definition) is 4. The van der Waals surface area contributed by atoms with Crippen LogP contribution < -0.4 is 0 Å². The number of carbonyl (C=O) groups is 1. The zero-order chi connectivity index (χ0) is 21.1. The minimum Gasteiger partial charge on any atom is -0.478 e. The summed E-state index contributed by atoms with van der Waals surface area (Å²) in [5.41, 5.74) is -2.50. The molecule has 0 aromatic heterocycles. The molecule has 162 valence electrons. The average molecular weight is 405 g/mol. The number of rotatable bonds is 3. The highest BCUT2D eigenvalue weighted by molar-refractivity contribution is 5.80. The summed E-state index contributed by atoms with van der Waals surface area (Å²) in [6, 6.07) is 0. The van der Waals surface area contributed by atoms with E-state index >= 15 is 0 Å². The lowest BCUT2D eigenvalue weighted by atomic mass is 9.43. The monoisotopic (exact) mass is 404 g/mol. The van der Waals surface area contributed by atoms with Gasteiger partial charge < -0.3 is 20.4 Å². The summed E-state index contributed by atoms with van der Waals surface area (Å²) in [6.45, 7) is 4.41. The van der Waals surface area contributed by atoms with Crippen molar-refractivity contribution < 1.29 is 25.2 Å². The summed E-state index contributed by atoms with van der Waals surface area (Å²) in [5, 5.41) is 42.5. The predicted molar refractivity (Wildman–Crippen MR) is 110 cm³/mol. The zero-order valence-electron chi connectivity index (χ0n) is 17.7. The SMILES string of the molecule is C[C@]12CCC3C(CC[C@@H]4C[C@@H](O)CC[C@]34C)[C@@]1(O)CC[C@]2(O)/C=C/C=C/C(=O)O. The molecule has 0 radical (unpaired) electrons. The van der Waals surface area contributed by atoms with Gasteiger partial charge in [-0.25, -0.2) is 4.79 Å². The van der Waals surface area contributed by atoms with Crippen LogP contribution in [0.1, 0.15) is 71.6 Å². The maximum atomic E-state index is 12.0. The summed E-state index contributed by atoms with van der Waals surface area (Å²) in [6.07, 6.45) is 13.2. The van der Waals surface area contributed by atoms with Crippen molar-refractivity contribution in [2.45, 2.75) is 88.9 Å². The van der Waals surface area contributed by atoms with Crippen molar-refractivity contribution >= 4 is 5.97 Å². The van der Waals surface area contributed by atoms with Crippen LogP contribution in [0.2, 0.25) is 0 Å². The normalized spacial score (nSPS) is 52.3. The van der Waals surface area contributed by atoms with Gasteiger partial charge >= 0.3 is 5.97 Å². The van der Waals surface area contributed by atoms with Crippen LogP contribution in [0.5, 0.6) is 0 Å². The zero-order valence-corrected chi connectivity index (χ0v) is 17.7. The minimum atomic E-state index is -1.13. The molecule has 5 heteroatoms. The molecular formula is C24H36O5. The van der Waals surface area contributed by atoms with Crippen molar-refractivity contribution in [2.24, 2.45) is 28.6 Å². The Hall–Kier alpha value is -1.17. The highest BCUT2D eigenvalue weighted by Gasteiger charge is 2.70. The molecule has 0 aromatic carbocycles. The second-order valence-corrected chi connectivity index (χ2v) is 10.7. The third-order valence-corrected chi connectivity index (χ3v) is 9.75. The molecule has 5 nitrogen and oxygen atoms in total. The van der Waals surface area contributed by atoms with Gasteiger partial charge in [0.15, 0.2) is 0 Å². The Kier molecular flexibility index (Phi) is 5.04. The Morgan fingerprint density at radius 3 is 2.41 bits per heavy atom. The van der Waals surface area contributed by atoms with Crippen LogP contribution in [0.3, 0.4) is 0 Å². The fraction of sp³-hybridized carbons (Fsp3) is 0.792. The molecule has 0 amide bonds. The Bertz CT molecular complexity index is 731. The molecule has 4 aliphatic rings. The van der Waals surface area contributed by atoms with Crippen molar-refractivity contribution in [1.29, 1.82) is 0 Å². The summed E-state index contributed by atoms with van der Waals surface area (Å²) < 4.78 is 0. The number of fused-ring (bicyclic) bond motifs is 5. The van der Waals surface area contributed by atoms with Crippen molar-refractivity contribution in [2.75, 3.05) is 0 Å². The molecule has 4 aliphatic carbocycles. The van der Waals surface area contributed by atoms with Gasteiger partial charge in [-0.15, -0.1) is 0 Å². The van der Waals surface area contributed by atoms with Crippen LogP contribution in [0.4, 0.5) is 0 Å². The fourth-order valence-corrected chi connectivity index (χ4v) is 7.88. The van der Waals surface area contributed by atoms with Crippen molar-refractivity contribution in [3.05, 3.63) is 24.3 Å². The number of aliphatic hydroxyl groups excluding tert-OH is 1. The van der Waals surface area contributed by atoms with Crippen LogP contribution >= 0.6 is 0 Å². The predicted octanol–water partition coefficient (Wildman–Crippen LogP) is 3.43. The van der Waals surface area contributed by atoms with Gasteiger partial charge in [0.25, 0.3) is 0 Å². The Morgan fingerprint density at radius 1 is 0.931 bits per heavy atom. The van der Waals surface area contributed by atoms with Gasteiger partial charge in [-0.2, -0.15) is 0 Å². The first kappa shape index (κ1) is 21.1. The maximum Gasteiger partial charge on any atom is 0.328 e. The lowest BCUT2D eigenvalue weighted by molar-refractivity contribution is -0.227. The van der Waals surface area contributed by atoms with E-state index in [-0.39, 0.29) is 17.4 Å². The van der Waals surface area contributed by atoms with Gasteiger partial charge in [-0.1, -0.05) is 32.1 Å². The number of aliphatic hydroxyl groups is 3. The number of carboxylic acids is 1. The first-order valence-corrected chi connectivity index (χ1v) is 11.3. The molecule has 0 saturated heterocycles. The van der Waals surface area contributed by atoms with Gasteiger partial charge in [0.05, 0.1) is 17.3 Å². The van der Waals surface area contributed by atoms with E-state index in [0.29, 0.717) is 24.7 Å². The Labute approximate surface area is 173 Å². The van der Waals surface area contributed by atoms with E-state index in [1.807, 2.05) is 6.92 Å². The van der Waals surface area contributed by atoms with E-state index in [9.17, 15) is 20.1 Å². The molecule has 29 heavy (non-hydrogen) atoms. The van der Waals surface area contributed by atoms with Crippen molar-refractivity contribution in [3.8, 4) is 0 Å². The standard InChI is InChI=1S/C24H36O5/c1-21-11-8-17(25)15-16(21)6-7-19-18(21)9-12-22(2)23(28,13-14-24(19,22)29)10-4-3-5-20(26)27/h3-5,10,16-19,25,28-29H,6-9,11-15H2,1-2H3,(H,26,27)/b5-3+,10-4+/t16-,17+,18?,19?,21+,22-,23-,24+/m1/s1. The fourth-order valence-electron chi connectivity index (χ4n) is 7.88. The molecular weight excluding hydrogens is 368 g/mol. The quantitative estimate of drug-likeness (QED) is 0.427. The highest BCUT2D eigenvalue weighted by Crippen LogP contribution is 2.70. The second kappa shape index (κ2) is 6.93. The summed E-state index contributed by atoms with van der Waals surface area (Å²) >= 11 is 0. The molecule has 8 atom stereocenters. The van der Waals surface area contributed by atoms with Crippen LogP contribution in [0.15, 0.2) is 24.3 Å². The third-order valence-electron chi connectivity index (χ3n) is 9.75.